The highest BCUT2D eigenvalue weighted by Crippen LogP contribution is 2.43. The Balaban J connectivity index is 1.72. The summed E-state index contributed by atoms with van der Waals surface area (Å²) >= 11 is 0. The number of carbonyl (C=O) groups is 1. The highest BCUT2D eigenvalue weighted by molar-refractivity contribution is 5.97. The van der Waals surface area contributed by atoms with Crippen LogP contribution in [0.4, 0.5) is 0 Å². The lowest BCUT2D eigenvalue weighted by molar-refractivity contribution is -0.126. The van der Waals surface area contributed by atoms with Crippen molar-refractivity contribution in [2.24, 2.45) is 0 Å². The number of ether oxygens (including phenoxy) is 1. The molecular weight excluding hydrogens is 364 g/mol. The minimum absolute atomic E-state index is 0.0472. The van der Waals surface area contributed by atoms with E-state index in [9.17, 15) is 9.90 Å². The van der Waals surface area contributed by atoms with Gasteiger partial charge in [-0.2, -0.15) is 0 Å². The van der Waals surface area contributed by atoms with Gasteiger partial charge in [-0.15, -0.1) is 0 Å². The third kappa shape index (κ3) is 3.62. The van der Waals surface area contributed by atoms with Crippen LogP contribution in [0.3, 0.4) is 0 Å². The van der Waals surface area contributed by atoms with Crippen molar-refractivity contribution in [3.8, 4) is 5.75 Å². The molecule has 1 fully saturated rings. The standard InChI is InChI=1S/C24H28N2O3/c1-3-26(4-2)23(28)17-8-7-10-18(21(27)14-17)20-15-24(12-13-25-16-24)29-22-11-6-5-9-19(20)22/h5-6,8-11,14-15,25,27H,3-4,7,12-13,16H2,1-2H3. The van der Waals surface area contributed by atoms with E-state index in [-0.39, 0.29) is 11.7 Å². The summed E-state index contributed by atoms with van der Waals surface area (Å²) in [4.78, 5) is 14.5. The van der Waals surface area contributed by atoms with E-state index in [0.29, 0.717) is 25.1 Å². The van der Waals surface area contributed by atoms with E-state index >= 15 is 0 Å². The second-order valence-electron chi connectivity index (χ2n) is 7.67. The molecule has 1 aromatic carbocycles. The summed E-state index contributed by atoms with van der Waals surface area (Å²) < 4.78 is 6.35. The third-order valence-electron chi connectivity index (χ3n) is 5.86. The number of aliphatic hydroxyl groups excluding tert-OH is 1. The summed E-state index contributed by atoms with van der Waals surface area (Å²) in [6, 6.07) is 7.95. The topological polar surface area (TPSA) is 61.8 Å². The van der Waals surface area contributed by atoms with Gasteiger partial charge >= 0.3 is 0 Å². The van der Waals surface area contributed by atoms with Gasteiger partial charge < -0.3 is 20.1 Å². The Labute approximate surface area is 172 Å². The number of hydrogen-bond acceptors (Lipinski definition) is 4. The van der Waals surface area contributed by atoms with E-state index in [2.05, 4.69) is 11.4 Å². The van der Waals surface area contributed by atoms with Crippen LogP contribution in [0.1, 0.15) is 32.3 Å². The average molecular weight is 392 g/mol. The van der Waals surface area contributed by atoms with Crippen molar-refractivity contribution >= 4 is 11.5 Å². The fraction of sp³-hybridized carbons (Fsp3) is 0.375. The number of nitrogens with zero attached hydrogens (tertiary/aromatic N) is 1. The molecule has 5 nitrogen and oxygen atoms in total. The fourth-order valence-electron chi connectivity index (χ4n) is 4.27. The molecule has 152 valence electrons. The molecule has 1 aromatic rings. The minimum Gasteiger partial charge on any atom is -0.507 e. The van der Waals surface area contributed by atoms with Gasteiger partial charge in [-0.1, -0.05) is 30.4 Å². The maximum atomic E-state index is 12.8. The summed E-state index contributed by atoms with van der Waals surface area (Å²) in [7, 11) is 0. The first-order valence-corrected chi connectivity index (χ1v) is 10.4. The van der Waals surface area contributed by atoms with Crippen molar-refractivity contribution in [2.75, 3.05) is 26.2 Å². The van der Waals surface area contributed by atoms with Crippen molar-refractivity contribution in [3.63, 3.8) is 0 Å². The zero-order valence-electron chi connectivity index (χ0n) is 17.1. The largest absolute Gasteiger partial charge is 0.507 e. The highest BCUT2D eigenvalue weighted by atomic mass is 16.5. The Morgan fingerprint density at radius 1 is 1.21 bits per heavy atom. The van der Waals surface area contributed by atoms with E-state index in [1.165, 1.54) is 0 Å². The minimum atomic E-state index is -0.398. The lowest BCUT2D eigenvalue weighted by Crippen LogP contribution is -2.38. The Kier molecular flexibility index (Phi) is 5.33. The molecule has 1 spiro atoms. The van der Waals surface area contributed by atoms with Crippen LogP contribution in [-0.4, -0.2) is 47.7 Å². The van der Waals surface area contributed by atoms with Crippen LogP contribution in [0.25, 0.3) is 5.57 Å². The van der Waals surface area contributed by atoms with E-state index in [1.807, 2.05) is 50.3 Å². The molecule has 1 saturated heterocycles. The number of fused-ring (bicyclic) bond motifs is 1. The number of hydrogen-bond donors (Lipinski definition) is 2. The number of amides is 1. The number of rotatable bonds is 4. The molecular formula is C24H28N2O3. The Hall–Kier alpha value is -2.79. The lowest BCUT2D eigenvalue weighted by atomic mass is 9.86. The zero-order chi connectivity index (χ0) is 20.4. The molecule has 2 N–H and O–H groups in total. The van der Waals surface area contributed by atoms with E-state index < -0.39 is 5.60 Å². The molecule has 29 heavy (non-hydrogen) atoms. The zero-order valence-corrected chi connectivity index (χ0v) is 17.1. The number of aliphatic hydroxyl groups is 1. The summed E-state index contributed by atoms with van der Waals surface area (Å²) in [5.74, 6) is 0.909. The van der Waals surface area contributed by atoms with Crippen LogP contribution < -0.4 is 10.1 Å². The van der Waals surface area contributed by atoms with E-state index in [1.54, 1.807) is 11.0 Å². The van der Waals surface area contributed by atoms with Crippen LogP contribution in [0, 0.1) is 0 Å². The van der Waals surface area contributed by atoms with Crippen LogP contribution in [0.15, 0.2) is 65.5 Å². The number of benzene rings is 1. The van der Waals surface area contributed by atoms with Crippen molar-refractivity contribution in [2.45, 2.75) is 32.3 Å². The van der Waals surface area contributed by atoms with Crippen molar-refractivity contribution in [1.82, 2.24) is 10.2 Å². The van der Waals surface area contributed by atoms with Crippen LogP contribution in [0.2, 0.25) is 0 Å². The van der Waals surface area contributed by atoms with Crippen molar-refractivity contribution in [1.29, 1.82) is 0 Å². The summed E-state index contributed by atoms with van der Waals surface area (Å²) in [5, 5.41) is 14.4. The fourth-order valence-corrected chi connectivity index (χ4v) is 4.27. The van der Waals surface area contributed by atoms with Gasteiger partial charge in [0.15, 0.2) is 0 Å². The maximum absolute atomic E-state index is 12.8. The molecule has 0 aromatic heterocycles. The van der Waals surface area contributed by atoms with Crippen LogP contribution >= 0.6 is 0 Å². The monoisotopic (exact) mass is 392 g/mol. The number of likely N-dealkylation sites (N-methyl/N-ethyl adjacent to an activating group) is 1. The predicted molar refractivity (Wildman–Crippen MR) is 115 cm³/mol. The second-order valence-corrected chi connectivity index (χ2v) is 7.67. The summed E-state index contributed by atoms with van der Waals surface area (Å²) in [6.45, 7) is 6.86. The molecule has 4 rings (SSSR count). The van der Waals surface area contributed by atoms with E-state index in [4.69, 9.17) is 4.74 Å². The molecule has 2 heterocycles. The van der Waals surface area contributed by atoms with Crippen molar-refractivity contribution in [3.05, 3.63) is 71.0 Å². The predicted octanol–water partition coefficient (Wildman–Crippen LogP) is 3.76. The van der Waals surface area contributed by atoms with Gasteiger partial charge in [-0.25, -0.2) is 0 Å². The first-order valence-electron chi connectivity index (χ1n) is 10.4. The molecule has 0 saturated carbocycles. The first-order chi connectivity index (χ1) is 14.1. The van der Waals surface area contributed by atoms with Gasteiger partial charge in [0.25, 0.3) is 5.91 Å². The van der Waals surface area contributed by atoms with Gasteiger partial charge in [-0.3, -0.25) is 4.79 Å². The van der Waals surface area contributed by atoms with Gasteiger partial charge in [0, 0.05) is 42.8 Å². The molecule has 2 aliphatic heterocycles. The maximum Gasteiger partial charge on any atom is 0.253 e. The van der Waals surface area contributed by atoms with Gasteiger partial charge in [0.2, 0.25) is 0 Å². The summed E-state index contributed by atoms with van der Waals surface area (Å²) in [6.07, 6.45) is 9.11. The van der Waals surface area contributed by atoms with Crippen molar-refractivity contribution < 1.29 is 14.6 Å². The van der Waals surface area contributed by atoms with Gasteiger partial charge in [0.05, 0.1) is 0 Å². The molecule has 0 radical (unpaired) electrons. The normalized spacial score (nSPS) is 23.2. The quantitative estimate of drug-likeness (QED) is 0.819. The molecule has 1 aliphatic carbocycles. The highest BCUT2D eigenvalue weighted by Gasteiger charge is 2.39. The summed E-state index contributed by atoms with van der Waals surface area (Å²) in [5.41, 5.74) is 2.83. The molecule has 3 aliphatic rings. The van der Waals surface area contributed by atoms with Gasteiger partial charge in [-0.05, 0) is 50.6 Å². The first kappa shape index (κ1) is 19.5. The third-order valence-corrected chi connectivity index (χ3v) is 5.86. The van der Waals surface area contributed by atoms with Crippen LogP contribution in [-0.2, 0) is 4.79 Å². The smallest absolute Gasteiger partial charge is 0.253 e. The Morgan fingerprint density at radius 3 is 2.72 bits per heavy atom. The molecule has 1 atom stereocenters. The second kappa shape index (κ2) is 7.91. The van der Waals surface area contributed by atoms with Gasteiger partial charge in [0.1, 0.15) is 17.1 Å². The average Bonchev–Trinajstić information content (AvgIpc) is 3.08. The van der Waals surface area contributed by atoms with E-state index in [0.717, 1.165) is 42.0 Å². The number of allylic oxidation sites excluding steroid dienone is 3. The van der Waals surface area contributed by atoms with Crippen LogP contribution in [0.5, 0.6) is 5.75 Å². The number of para-hydroxylation sites is 1. The molecule has 5 heteroatoms. The number of carbonyl (C=O) groups excluding carboxylic acids is 1. The molecule has 1 amide bonds. The SMILES string of the molecule is CCN(CC)C(=O)C1=CCC=C(C2=CC3(CCNC3)Oc3ccccc32)C(O)=C1. The lowest BCUT2D eigenvalue weighted by Gasteiger charge is -2.34. The molecule has 1 unspecified atom stereocenters. The Morgan fingerprint density at radius 2 is 2.00 bits per heavy atom. The Bertz CT molecular complexity index is 929. The number of nitrogens with one attached hydrogen (secondary N) is 1. The molecule has 0 bridgehead atoms.